The molecule has 0 aromatic rings. The summed E-state index contributed by atoms with van der Waals surface area (Å²) in [7, 11) is 0. The first-order chi connectivity index (χ1) is 8.80. The van der Waals surface area contributed by atoms with E-state index in [1.165, 1.54) is 6.92 Å². The minimum Gasteiger partial charge on any atom is -0.464 e. The fourth-order valence-electron chi connectivity index (χ4n) is 1.16. The molecule has 0 saturated heterocycles. The van der Waals surface area contributed by atoms with Crippen LogP contribution in [0.1, 0.15) is 33.1 Å². The van der Waals surface area contributed by atoms with Crippen LogP contribution < -0.4 is 5.32 Å². The Hall–Kier alpha value is -1.47. The number of hydrogen-bond acceptors (Lipinski definition) is 4. The SMILES string of the molecule is CCCCOC(=O)C(CC(F)(F)F)NC(=O)OCC. The monoisotopic (exact) mass is 285 g/mol. The second-order valence-electron chi connectivity index (χ2n) is 3.76. The lowest BCUT2D eigenvalue weighted by molar-refractivity contribution is -0.162. The smallest absolute Gasteiger partial charge is 0.407 e. The molecule has 5 nitrogen and oxygen atoms in total. The van der Waals surface area contributed by atoms with Crippen molar-refractivity contribution in [3.05, 3.63) is 0 Å². The third-order valence-electron chi connectivity index (χ3n) is 2.03. The average Bonchev–Trinajstić information content (AvgIpc) is 2.26. The summed E-state index contributed by atoms with van der Waals surface area (Å²) < 4.78 is 46.0. The maximum absolute atomic E-state index is 12.3. The van der Waals surface area contributed by atoms with Crippen molar-refractivity contribution in [2.24, 2.45) is 0 Å². The molecule has 0 aliphatic carbocycles. The lowest BCUT2D eigenvalue weighted by atomic mass is 10.2. The van der Waals surface area contributed by atoms with Crippen LogP contribution in [0.4, 0.5) is 18.0 Å². The third-order valence-corrected chi connectivity index (χ3v) is 2.03. The van der Waals surface area contributed by atoms with Gasteiger partial charge in [-0.25, -0.2) is 9.59 Å². The number of carbonyl (C=O) groups is 2. The summed E-state index contributed by atoms with van der Waals surface area (Å²) in [6, 6.07) is -1.78. The average molecular weight is 285 g/mol. The first kappa shape index (κ1) is 17.5. The molecule has 1 amide bonds. The zero-order valence-electron chi connectivity index (χ0n) is 10.9. The molecule has 1 atom stereocenters. The molecule has 0 fully saturated rings. The van der Waals surface area contributed by atoms with Gasteiger partial charge in [0.25, 0.3) is 0 Å². The maximum Gasteiger partial charge on any atom is 0.407 e. The molecule has 0 spiro atoms. The number of alkyl halides is 3. The summed E-state index contributed by atoms with van der Waals surface area (Å²) in [5.74, 6) is -1.11. The molecule has 0 aliphatic rings. The number of esters is 1. The van der Waals surface area contributed by atoms with Crippen molar-refractivity contribution in [2.75, 3.05) is 13.2 Å². The van der Waals surface area contributed by atoms with Crippen molar-refractivity contribution >= 4 is 12.1 Å². The number of rotatable bonds is 7. The van der Waals surface area contributed by atoms with Gasteiger partial charge in [-0.15, -0.1) is 0 Å². The van der Waals surface area contributed by atoms with Crippen LogP contribution in [-0.2, 0) is 14.3 Å². The lowest BCUT2D eigenvalue weighted by Gasteiger charge is -2.18. The van der Waals surface area contributed by atoms with Crippen LogP contribution in [0.2, 0.25) is 0 Å². The Morgan fingerprint density at radius 3 is 2.32 bits per heavy atom. The number of alkyl carbamates (subject to hydrolysis) is 1. The first-order valence-electron chi connectivity index (χ1n) is 5.96. The fraction of sp³-hybridized carbons (Fsp3) is 0.818. The van der Waals surface area contributed by atoms with Gasteiger partial charge in [0.15, 0.2) is 0 Å². The summed E-state index contributed by atoms with van der Waals surface area (Å²) in [6.07, 6.45) is -5.87. The summed E-state index contributed by atoms with van der Waals surface area (Å²) in [6.45, 7) is 3.36. The van der Waals surface area contributed by atoms with Crippen molar-refractivity contribution < 1.29 is 32.2 Å². The topological polar surface area (TPSA) is 64.6 Å². The van der Waals surface area contributed by atoms with E-state index in [1.54, 1.807) is 0 Å². The standard InChI is InChI=1S/C11H18F3NO4/c1-3-5-6-19-9(16)8(7-11(12,13)14)15-10(17)18-4-2/h8H,3-7H2,1-2H3,(H,15,17). The van der Waals surface area contributed by atoms with Gasteiger partial charge in [-0.1, -0.05) is 13.3 Å². The number of amides is 1. The molecule has 112 valence electrons. The summed E-state index contributed by atoms with van der Waals surface area (Å²) in [4.78, 5) is 22.5. The van der Waals surface area contributed by atoms with E-state index in [2.05, 4.69) is 9.47 Å². The second-order valence-corrected chi connectivity index (χ2v) is 3.76. The van der Waals surface area contributed by atoms with Gasteiger partial charge in [-0.2, -0.15) is 13.2 Å². The Kier molecular flexibility index (Phi) is 7.94. The molecular formula is C11H18F3NO4. The number of carbonyl (C=O) groups excluding carboxylic acids is 2. The lowest BCUT2D eigenvalue weighted by Crippen LogP contribution is -2.44. The summed E-state index contributed by atoms with van der Waals surface area (Å²) in [5.41, 5.74) is 0. The summed E-state index contributed by atoms with van der Waals surface area (Å²) >= 11 is 0. The van der Waals surface area contributed by atoms with Crippen molar-refractivity contribution in [3.8, 4) is 0 Å². The summed E-state index contributed by atoms with van der Waals surface area (Å²) in [5, 5.41) is 1.85. The van der Waals surface area contributed by atoms with E-state index in [4.69, 9.17) is 0 Å². The minimum atomic E-state index is -4.59. The normalized spacial score (nSPS) is 12.7. The number of halogens is 3. The molecule has 1 unspecified atom stereocenters. The van der Waals surface area contributed by atoms with Crippen molar-refractivity contribution in [1.82, 2.24) is 5.32 Å². The van der Waals surface area contributed by atoms with Crippen LogP contribution in [0.15, 0.2) is 0 Å². The third kappa shape index (κ3) is 9.15. The molecule has 0 radical (unpaired) electrons. The van der Waals surface area contributed by atoms with Gasteiger partial charge in [0.2, 0.25) is 0 Å². The molecule has 0 rings (SSSR count). The molecule has 8 heteroatoms. The zero-order valence-corrected chi connectivity index (χ0v) is 10.9. The Morgan fingerprint density at radius 2 is 1.84 bits per heavy atom. The highest BCUT2D eigenvalue weighted by atomic mass is 19.4. The molecule has 19 heavy (non-hydrogen) atoms. The van der Waals surface area contributed by atoms with Crippen molar-refractivity contribution in [1.29, 1.82) is 0 Å². The van der Waals surface area contributed by atoms with E-state index in [0.717, 1.165) is 6.42 Å². The van der Waals surface area contributed by atoms with E-state index in [0.29, 0.717) is 6.42 Å². The maximum atomic E-state index is 12.3. The van der Waals surface area contributed by atoms with Gasteiger partial charge in [-0.05, 0) is 13.3 Å². The van der Waals surface area contributed by atoms with Gasteiger partial charge in [0.05, 0.1) is 19.6 Å². The van der Waals surface area contributed by atoms with Gasteiger partial charge in [-0.3, -0.25) is 0 Å². The second kappa shape index (κ2) is 8.60. The minimum absolute atomic E-state index is 0.00451. The Labute approximate surface area is 109 Å². The Morgan fingerprint density at radius 1 is 1.21 bits per heavy atom. The Balaban J connectivity index is 4.48. The highest BCUT2D eigenvalue weighted by Crippen LogP contribution is 2.22. The van der Waals surface area contributed by atoms with Crippen LogP contribution in [-0.4, -0.2) is 37.5 Å². The van der Waals surface area contributed by atoms with Crippen LogP contribution in [0.3, 0.4) is 0 Å². The molecule has 0 aliphatic heterocycles. The number of nitrogens with one attached hydrogen (secondary N) is 1. The van der Waals surface area contributed by atoms with Crippen molar-refractivity contribution in [3.63, 3.8) is 0 Å². The largest absolute Gasteiger partial charge is 0.464 e. The Bertz CT molecular complexity index is 294. The van der Waals surface area contributed by atoms with Crippen LogP contribution in [0, 0.1) is 0 Å². The van der Waals surface area contributed by atoms with Crippen molar-refractivity contribution in [2.45, 2.75) is 45.3 Å². The van der Waals surface area contributed by atoms with Gasteiger partial charge in [0, 0.05) is 0 Å². The van der Waals surface area contributed by atoms with E-state index >= 15 is 0 Å². The fourth-order valence-corrected chi connectivity index (χ4v) is 1.16. The highest BCUT2D eigenvalue weighted by molar-refractivity contribution is 5.81. The molecule has 1 N–H and O–H groups in total. The number of hydrogen-bond donors (Lipinski definition) is 1. The molecule has 0 bridgehead atoms. The molecular weight excluding hydrogens is 267 g/mol. The molecule has 0 aromatic heterocycles. The molecule has 0 saturated carbocycles. The quantitative estimate of drug-likeness (QED) is 0.576. The first-order valence-corrected chi connectivity index (χ1v) is 5.96. The van der Waals surface area contributed by atoms with E-state index < -0.39 is 30.7 Å². The highest BCUT2D eigenvalue weighted by Gasteiger charge is 2.37. The predicted molar refractivity (Wildman–Crippen MR) is 60.5 cm³/mol. The van der Waals surface area contributed by atoms with Crippen LogP contribution >= 0.6 is 0 Å². The van der Waals surface area contributed by atoms with Crippen LogP contribution in [0.25, 0.3) is 0 Å². The van der Waals surface area contributed by atoms with E-state index in [-0.39, 0.29) is 13.2 Å². The zero-order chi connectivity index (χ0) is 14.9. The number of unbranched alkanes of at least 4 members (excludes halogenated alkanes) is 1. The van der Waals surface area contributed by atoms with Gasteiger partial charge in [0.1, 0.15) is 6.04 Å². The molecule has 0 aromatic carbocycles. The predicted octanol–water partition coefficient (Wildman–Crippen LogP) is 2.40. The van der Waals surface area contributed by atoms with Gasteiger partial charge >= 0.3 is 18.2 Å². The van der Waals surface area contributed by atoms with E-state index in [1.807, 2.05) is 12.2 Å². The molecule has 0 heterocycles. The van der Waals surface area contributed by atoms with Crippen LogP contribution in [0.5, 0.6) is 0 Å². The number of ether oxygens (including phenoxy) is 2. The van der Waals surface area contributed by atoms with Gasteiger partial charge < -0.3 is 14.8 Å². The van der Waals surface area contributed by atoms with E-state index in [9.17, 15) is 22.8 Å².